The van der Waals surface area contributed by atoms with Gasteiger partial charge in [-0.1, -0.05) is 18.2 Å². The van der Waals surface area contributed by atoms with Gasteiger partial charge in [0.15, 0.2) is 6.10 Å². The van der Waals surface area contributed by atoms with Crippen molar-refractivity contribution in [3.05, 3.63) is 64.7 Å². The van der Waals surface area contributed by atoms with Crippen molar-refractivity contribution in [3.63, 3.8) is 0 Å². The Balaban J connectivity index is 1.47. The van der Waals surface area contributed by atoms with E-state index < -0.39 is 12.1 Å². The number of rotatable bonds is 5. The maximum Gasteiger partial charge on any atom is 0.338 e. The number of fused-ring (bicyclic) bond motifs is 1. The molecule has 0 N–H and O–H groups in total. The number of Topliss-reactive ketones (excluding diaryl/α,β-unsaturated/α-hetero) is 1. The third-order valence-electron chi connectivity index (χ3n) is 5.43. The fraction of sp³-hybridized carbons (Fsp3) is 0.304. The summed E-state index contributed by atoms with van der Waals surface area (Å²) in [5.74, 6) is -1.51. The standard InChI is InChI=1S/C23H21NO5/c1-14(22(27)17-9-8-15-4-2-5-16(15)12-17)29-23(28)18-6-3-7-19(13-18)24-20(25)10-11-21(24)26/h3,6-9,12-14H,2,4-5,10-11H2,1H3/t14-/m1/s1. The first-order valence-electron chi connectivity index (χ1n) is 9.77. The highest BCUT2D eigenvalue weighted by atomic mass is 16.5. The molecule has 0 saturated carbocycles. The van der Waals surface area contributed by atoms with Crippen molar-refractivity contribution in [2.24, 2.45) is 0 Å². The summed E-state index contributed by atoms with van der Waals surface area (Å²) in [7, 11) is 0. The normalized spacial score (nSPS) is 16.7. The monoisotopic (exact) mass is 391 g/mol. The van der Waals surface area contributed by atoms with E-state index in [0.29, 0.717) is 11.3 Å². The van der Waals surface area contributed by atoms with Crippen LogP contribution in [0.2, 0.25) is 0 Å². The second kappa shape index (κ2) is 7.62. The number of aryl methyl sites for hydroxylation is 2. The van der Waals surface area contributed by atoms with E-state index in [1.54, 1.807) is 25.1 Å². The van der Waals surface area contributed by atoms with Crippen LogP contribution in [0.5, 0.6) is 0 Å². The Morgan fingerprint density at radius 1 is 0.897 bits per heavy atom. The SMILES string of the molecule is C[C@@H](OC(=O)c1cccc(N2C(=O)CCC2=O)c1)C(=O)c1ccc2c(c1)CCC2. The van der Waals surface area contributed by atoms with Gasteiger partial charge in [-0.25, -0.2) is 4.79 Å². The van der Waals surface area contributed by atoms with Gasteiger partial charge in [-0.2, -0.15) is 0 Å². The molecule has 1 fully saturated rings. The smallest absolute Gasteiger partial charge is 0.338 e. The highest BCUT2D eigenvalue weighted by Crippen LogP contribution is 2.25. The van der Waals surface area contributed by atoms with Gasteiger partial charge in [0, 0.05) is 18.4 Å². The molecule has 0 unspecified atom stereocenters. The molecular formula is C23H21NO5. The van der Waals surface area contributed by atoms with Crippen molar-refractivity contribution in [1.29, 1.82) is 0 Å². The average Bonchev–Trinajstić information content (AvgIpc) is 3.32. The molecule has 0 spiro atoms. The second-order valence-corrected chi connectivity index (χ2v) is 7.42. The van der Waals surface area contributed by atoms with Crippen molar-refractivity contribution in [1.82, 2.24) is 0 Å². The molecule has 0 aromatic heterocycles. The zero-order valence-corrected chi connectivity index (χ0v) is 16.1. The molecular weight excluding hydrogens is 370 g/mol. The molecule has 1 heterocycles. The number of ether oxygens (including phenoxy) is 1. The molecule has 1 atom stereocenters. The van der Waals surface area contributed by atoms with Crippen LogP contribution in [0, 0.1) is 0 Å². The lowest BCUT2D eigenvalue weighted by atomic mass is 10.0. The minimum Gasteiger partial charge on any atom is -0.451 e. The van der Waals surface area contributed by atoms with Gasteiger partial charge in [-0.15, -0.1) is 0 Å². The second-order valence-electron chi connectivity index (χ2n) is 7.42. The summed E-state index contributed by atoms with van der Waals surface area (Å²) in [6, 6.07) is 11.8. The Bertz CT molecular complexity index is 1010. The Hall–Kier alpha value is -3.28. The molecule has 2 aromatic rings. The summed E-state index contributed by atoms with van der Waals surface area (Å²) in [6.07, 6.45) is 2.48. The summed E-state index contributed by atoms with van der Waals surface area (Å²) in [5, 5.41) is 0. The van der Waals surface area contributed by atoms with Crippen LogP contribution in [0.3, 0.4) is 0 Å². The van der Waals surface area contributed by atoms with Gasteiger partial charge in [0.1, 0.15) is 0 Å². The van der Waals surface area contributed by atoms with Gasteiger partial charge in [0.05, 0.1) is 11.3 Å². The first-order valence-corrected chi connectivity index (χ1v) is 9.77. The molecule has 1 saturated heterocycles. The first-order chi connectivity index (χ1) is 13.9. The van der Waals surface area contributed by atoms with E-state index in [4.69, 9.17) is 4.74 Å². The average molecular weight is 391 g/mol. The number of amides is 2. The molecule has 2 amide bonds. The number of carbonyl (C=O) groups excluding carboxylic acids is 4. The Morgan fingerprint density at radius 2 is 1.62 bits per heavy atom. The summed E-state index contributed by atoms with van der Waals surface area (Å²) in [6.45, 7) is 1.55. The minimum absolute atomic E-state index is 0.166. The molecule has 0 bridgehead atoms. The van der Waals surface area contributed by atoms with Crippen LogP contribution < -0.4 is 4.90 Å². The molecule has 2 aliphatic rings. The van der Waals surface area contributed by atoms with Crippen molar-refractivity contribution >= 4 is 29.3 Å². The highest BCUT2D eigenvalue weighted by molar-refractivity contribution is 6.20. The van der Waals surface area contributed by atoms with E-state index >= 15 is 0 Å². The number of esters is 1. The number of nitrogens with zero attached hydrogens (tertiary/aromatic N) is 1. The van der Waals surface area contributed by atoms with Gasteiger partial charge in [-0.05, 0) is 61.6 Å². The number of hydrogen-bond acceptors (Lipinski definition) is 5. The zero-order chi connectivity index (χ0) is 20.5. The molecule has 0 radical (unpaired) electrons. The Labute approximate surface area is 168 Å². The topological polar surface area (TPSA) is 80.8 Å². The number of anilines is 1. The van der Waals surface area contributed by atoms with Crippen LogP contribution in [0.4, 0.5) is 5.69 Å². The van der Waals surface area contributed by atoms with Crippen LogP contribution in [-0.2, 0) is 27.2 Å². The Morgan fingerprint density at radius 3 is 2.38 bits per heavy atom. The van der Waals surface area contributed by atoms with E-state index in [1.165, 1.54) is 23.3 Å². The van der Waals surface area contributed by atoms with Crippen LogP contribution in [-0.4, -0.2) is 29.7 Å². The van der Waals surface area contributed by atoms with Crippen LogP contribution in [0.15, 0.2) is 42.5 Å². The van der Waals surface area contributed by atoms with Crippen molar-refractivity contribution in [2.45, 2.75) is 45.1 Å². The number of carbonyl (C=O) groups is 4. The predicted octanol–water partition coefficient (Wildman–Crippen LogP) is 3.26. The number of ketones is 1. The van der Waals surface area contributed by atoms with Crippen LogP contribution in [0.1, 0.15) is 58.0 Å². The summed E-state index contributed by atoms with van der Waals surface area (Å²) >= 11 is 0. The van der Waals surface area contributed by atoms with E-state index in [1.807, 2.05) is 12.1 Å². The number of imide groups is 1. The van der Waals surface area contributed by atoms with E-state index in [-0.39, 0.29) is 36.0 Å². The van der Waals surface area contributed by atoms with Gasteiger partial charge < -0.3 is 4.74 Å². The largest absolute Gasteiger partial charge is 0.451 e. The molecule has 1 aliphatic carbocycles. The van der Waals surface area contributed by atoms with Gasteiger partial charge >= 0.3 is 5.97 Å². The fourth-order valence-electron chi connectivity index (χ4n) is 3.88. The van der Waals surface area contributed by atoms with E-state index in [9.17, 15) is 19.2 Å². The van der Waals surface area contributed by atoms with Crippen molar-refractivity contribution in [2.75, 3.05) is 4.90 Å². The van der Waals surface area contributed by atoms with Gasteiger partial charge in [0.25, 0.3) is 0 Å². The zero-order valence-electron chi connectivity index (χ0n) is 16.1. The molecule has 2 aromatic carbocycles. The first kappa shape index (κ1) is 19.1. The maximum atomic E-state index is 12.7. The lowest BCUT2D eigenvalue weighted by molar-refractivity contribution is -0.121. The fourth-order valence-corrected chi connectivity index (χ4v) is 3.88. The van der Waals surface area contributed by atoms with E-state index in [0.717, 1.165) is 24.2 Å². The molecule has 1 aliphatic heterocycles. The molecule has 29 heavy (non-hydrogen) atoms. The molecule has 148 valence electrons. The molecule has 6 heteroatoms. The quantitative estimate of drug-likeness (QED) is 0.444. The van der Waals surface area contributed by atoms with Crippen LogP contribution >= 0.6 is 0 Å². The van der Waals surface area contributed by atoms with Gasteiger partial charge in [-0.3, -0.25) is 19.3 Å². The third-order valence-corrected chi connectivity index (χ3v) is 5.43. The third kappa shape index (κ3) is 3.70. The van der Waals surface area contributed by atoms with Crippen LogP contribution in [0.25, 0.3) is 0 Å². The molecule has 4 rings (SSSR count). The number of benzene rings is 2. The highest BCUT2D eigenvalue weighted by Gasteiger charge is 2.31. The van der Waals surface area contributed by atoms with Crippen molar-refractivity contribution in [3.8, 4) is 0 Å². The summed E-state index contributed by atoms with van der Waals surface area (Å²) in [5.41, 5.74) is 3.51. The maximum absolute atomic E-state index is 12.7. The van der Waals surface area contributed by atoms with Crippen molar-refractivity contribution < 1.29 is 23.9 Å². The molecule has 6 nitrogen and oxygen atoms in total. The summed E-state index contributed by atoms with van der Waals surface area (Å²) in [4.78, 5) is 50.2. The Kier molecular flexibility index (Phi) is 5.01. The van der Waals surface area contributed by atoms with E-state index in [2.05, 4.69) is 0 Å². The predicted molar refractivity (Wildman–Crippen MR) is 106 cm³/mol. The minimum atomic E-state index is -0.944. The summed E-state index contributed by atoms with van der Waals surface area (Å²) < 4.78 is 5.37. The number of hydrogen-bond donors (Lipinski definition) is 0. The lowest BCUT2D eigenvalue weighted by Gasteiger charge is -2.16. The van der Waals surface area contributed by atoms with Gasteiger partial charge in [0.2, 0.25) is 17.6 Å². The lowest BCUT2D eigenvalue weighted by Crippen LogP contribution is -2.29.